The number of benzene rings is 1. The summed E-state index contributed by atoms with van der Waals surface area (Å²) in [6.45, 7) is 0.278. The highest BCUT2D eigenvalue weighted by atomic mass is 79.9. The average Bonchev–Trinajstić information content (AvgIpc) is 2.41. The number of nitrogens with one attached hydrogen (secondary N) is 1. The molecule has 6 heteroatoms. The molecule has 2 aromatic rings. The van der Waals surface area contributed by atoms with E-state index in [9.17, 15) is 4.79 Å². The van der Waals surface area contributed by atoms with Gasteiger partial charge >= 0.3 is 0 Å². The van der Waals surface area contributed by atoms with E-state index < -0.39 is 0 Å². The fourth-order valence-corrected chi connectivity index (χ4v) is 1.89. The van der Waals surface area contributed by atoms with Crippen LogP contribution in [0.1, 0.15) is 6.42 Å². The quantitative estimate of drug-likeness (QED) is 0.823. The second kappa shape index (κ2) is 6.91. The molecule has 0 saturated carbocycles. The first-order valence-electron chi connectivity index (χ1n) is 6.04. The number of pyridine rings is 1. The molecule has 1 amide bonds. The first-order chi connectivity index (χ1) is 9.65. The van der Waals surface area contributed by atoms with Crippen molar-refractivity contribution < 1.29 is 9.53 Å². The minimum atomic E-state index is -0.159. The van der Waals surface area contributed by atoms with E-state index in [2.05, 4.69) is 26.2 Å². The van der Waals surface area contributed by atoms with Gasteiger partial charge in [-0.15, -0.1) is 0 Å². The van der Waals surface area contributed by atoms with Crippen molar-refractivity contribution in [1.29, 1.82) is 0 Å². The molecule has 0 aliphatic carbocycles. The zero-order chi connectivity index (χ0) is 14.4. The van der Waals surface area contributed by atoms with Crippen LogP contribution in [-0.4, -0.2) is 17.5 Å². The molecule has 3 N–H and O–H groups in total. The number of amides is 1. The van der Waals surface area contributed by atoms with Crippen LogP contribution in [0, 0.1) is 0 Å². The Morgan fingerprint density at radius 2 is 2.20 bits per heavy atom. The average molecular weight is 336 g/mol. The van der Waals surface area contributed by atoms with Crippen LogP contribution in [0.2, 0.25) is 0 Å². The predicted molar refractivity (Wildman–Crippen MR) is 81.5 cm³/mol. The Kier molecular flexibility index (Phi) is 4.95. The normalized spacial score (nSPS) is 10.1. The number of anilines is 2. The lowest BCUT2D eigenvalue weighted by Gasteiger charge is -2.08. The number of rotatable bonds is 5. The van der Waals surface area contributed by atoms with Crippen molar-refractivity contribution in [2.75, 3.05) is 17.7 Å². The van der Waals surface area contributed by atoms with Crippen LogP contribution in [0.4, 0.5) is 11.5 Å². The highest BCUT2D eigenvalue weighted by Gasteiger charge is 2.06. The molecule has 0 saturated heterocycles. The topological polar surface area (TPSA) is 77.2 Å². The summed E-state index contributed by atoms with van der Waals surface area (Å²) in [4.78, 5) is 15.8. The molecular formula is C14H14BrN3O2. The zero-order valence-electron chi connectivity index (χ0n) is 10.7. The Balaban J connectivity index is 1.80. The van der Waals surface area contributed by atoms with E-state index in [0.29, 0.717) is 17.3 Å². The van der Waals surface area contributed by atoms with Gasteiger partial charge in [-0.1, -0.05) is 6.07 Å². The van der Waals surface area contributed by atoms with Crippen LogP contribution < -0.4 is 15.8 Å². The molecule has 1 aromatic heterocycles. The molecule has 1 aromatic carbocycles. The van der Waals surface area contributed by atoms with Gasteiger partial charge in [0, 0.05) is 18.0 Å². The molecule has 104 valence electrons. The summed E-state index contributed by atoms with van der Waals surface area (Å²) in [5, 5.41) is 2.71. The van der Waals surface area contributed by atoms with Crippen molar-refractivity contribution in [3.05, 3.63) is 47.1 Å². The van der Waals surface area contributed by atoms with E-state index >= 15 is 0 Å². The van der Waals surface area contributed by atoms with Crippen LogP contribution in [0.25, 0.3) is 0 Å². The molecule has 1 heterocycles. The summed E-state index contributed by atoms with van der Waals surface area (Å²) in [6.07, 6.45) is 1.85. The summed E-state index contributed by atoms with van der Waals surface area (Å²) < 4.78 is 6.19. The molecule has 2 rings (SSSR count). The summed E-state index contributed by atoms with van der Waals surface area (Å²) in [7, 11) is 0. The maximum Gasteiger partial charge on any atom is 0.228 e. The minimum Gasteiger partial charge on any atom is -0.493 e. The number of aromatic nitrogens is 1. The van der Waals surface area contributed by atoms with E-state index in [4.69, 9.17) is 10.5 Å². The summed E-state index contributed by atoms with van der Waals surface area (Å²) in [6, 6.07) is 10.7. The SMILES string of the molecule is Nc1cccc(OCCC(=O)Nc2ncccc2Br)c1. The van der Waals surface area contributed by atoms with Crippen LogP contribution >= 0.6 is 15.9 Å². The molecule has 20 heavy (non-hydrogen) atoms. The highest BCUT2D eigenvalue weighted by molar-refractivity contribution is 9.10. The number of ether oxygens (including phenoxy) is 1. The van der Waals surface area contributed by atoms with Gasteiger partial charge in [0.25, 0.3) is 0 Å². The fourth-order valence-electron chi connectivity index (χ4n) is 1.54. The summed E-state index contributed by atoms with van der Waals surface area (Å²) in [5.74, 6) is 0.992. The molecule has 5 nitrogen and oxygen atoms in total. The molecule has 0 atom stereocenters. The lowest BCUT2D eigenvalue weighted by molar-refractivity contribution is -0.116. The first kappa shape index (κ1) is 14.3. The number of carbonyl (C=O) groups excluding carboxylic acids is 1. The summed E-state index contributed by atoms with van der Waals surface area (Å²) in [5.41, 5.74) is 6.27. The monoisotopic (exact) mass is 335 g/mol. The molecule has 0 bridgehead atoms. The van der Waals surface area contributed by atoms with Gasteiger partial charge in [-0.3, -0.25) is 4.79 Å². The van der Waals surface area contributed by atoms with Gasteiger partial charge in [0.05, 0.1) is 17.5 Å². The lowest BCUT2D eigenvalue weighted by Crippen LogP contribution is -2.16. The van der Waals surface area contributed by atoms with Crippen LogP contribution in [0.5, 0.6) is 5.75 Å². The van der Waals surface area contributed by atoms with Gasteiger partial charge in [-0.2, -0.15) is 0 Å². The molecular weight excluding hydrogens is 322 g/mol. The number of halogens is 1. The van der Waals surface area contributed by atoms with Gasteiger partial charge in [0.2, 0.25) is 5.91 Å². The Morgan fingerprint density at radius 1 is 1.35 bits per heavy atom. The van der Waals surface area contributed by atoms with Crippen molar-refractivity contribution in [2.45, 2.75) is 6.42 Å². The number of hydrogen-bond donors (Lipinski definition) is 2. The minimum absolute atomic E-state index is 0.159. The Bertz CT molecular complexity index is 604. The van der Waals surface area contributed by atoms with Gasteiger partial charge in [-0.05, 0) is 40.2 Å². The number of nitrogen functional groups attached to an aromatic ring is 1. The number of nitrogens with zero attached hydrogens (tertiary/aromatic N) is 1. The number of carbonyl (C=O) groups is 1. The molecule has 0 spiro atoms. The molecule has 0 fully saturated rings. The van der Waals surface area contributed by atoms with Crippen LogP contribution in [0.3, 0.4) is 0 Å². The van der Waals surface area contributed by atoms with Gasteiger partial charge < -0.3 is 15.8 Å². The van der Waals surface area contributed by atoms with Gasteiger partial charge in [0.15, 0.2) is 0 Å². The highest BCUT2D eigenvalue weighted by Crippen LogP contribution is 2.18. The van der Waals surface area contributed by atoms with Crippen molar-refractivity contribution >= 4 is 33.3 Å². The standard InChI is InChI=1S/C14H14BrN3O2/c15-12-5-2-7-17-14(12)18-13(19)6-8-20-11-4-1-3-10(16)9-11/h1-5,7,9H,6,8,16H2,(H,17,18,19). The largest absolute Gasteiger partial charge is 0.493 e. The third-order valence-electron chi connectivity index (χ3n) is 2.47. The van der Waals surface area contributed by atoms with E-state index in [1.165, 1.54) is 0 Å². The van der Waals surface area contributed by atoms with E-state index in [-0.39, 0.29) is 18.9 Å². The van der Waals surface area contributed by atoms with Crippen LogP contribution in [0.15, 0.2) is 47.1 Å². The lowest BCUT2D eigenvalue weighted by atomic mass is 10.3. The second-order valence-electron chi connectivity index (χ2n) is 4.05. The van der Waals surface area contributed by atoms with Gasteiger partial charge in [0.1, 0.15) is 11.6 Å². The van der Waals surface area contributed by atoms with E-state index in [1.54, 1.807) is 36.5 Å². The molecule has 0 radical (unpaired) electrons. The Morgan fingerprint density at radius 3 is 2.95 bits per heavy atom. The first-order valence-corrected chi connectivity index (χ1v) is 6.83. The Hall–Kier alpha value is -2.08. The zero-order valence-corrected chi connectivity index (χ0v) is 12.3. The Labute approximate surface area is 125 Å². The maximum atomic E-state index is 11.7. The predicted octanol–water partition coefficient (Wildman–Crippen LogP) is 2.83. The van der Waals surface area contributed by atoms with Gasteiger partial charge in [-0.25, -0.2) is 4.98 Å². The van der Waals surface area contributed by atoms with Crippen molar-refractivity contribution in [1.82, 2.24) is 4.98 Å². The van der Waals surface area contributed by atoms with Crippen molar-refractivity contribution in [3.63, 3.8) is 0 Å². The number of hydrogen-bond acceptors (Lipinski definition) is 4. The third-order valence-corrected chi connectivity index (χ3v) is 3.11. The van der Waals surface area contributed by atoms with Crippen molar-refractivity contribution in [3.8, 4) is 5.75 Å². The van der Waals surface area contributed by atoms with E-state index in [0.717, 1.165) is 4.47 Å². The number of nitrogens with two attached hydrogens (primary N) is 1. The third kappa shape index (κ3) is 4.24. The molecule has 0 unspecified atom stereocenters. The molecule has 0 aliphatic rings. The summed E-state index contributed by atoms with van der Waals surface area (Å²) >= 11 is 3.32. The second-order valence-corrected chi connectivity index (χ2v) is 4.91. The smallest absolute Gasteiger partial charge is 0.228 e. The van der Waals surface area contributed by atoms with Crippen LogP contribution in [-0.2, 0) is 4.79 Å². The van der Waals surface area contributed by atoms with E-state index in [1.807, 2.05) is 6.07 Å². The maximum absolute atomic E-state index is 11.7. The molecule has 0 aliphatic heterocycles. The fraction of sp³-hybridized carbons (Fsp3) is 0.143. The van der Waals surface area contributed by atoms with Crippen molar-refractivity contribution in [2.24, 2.45) is 0 Å².